The van der Waals surface area contributed by atoms with Crippen molar-refractivity contribution in [1.29, 1.82) is 5.26 Å². The lowest BCUT2D eigenvalue weighted by Gasteiger charge is -2.33. The van der Waals surface area contributed by atoms with Crippen LogP contribution < -0.4 is 5.32 Å². The van der Waals surface area contributed by atoms with Crippen molar-refractivity contribution >= 4 is 11.8 Å². The Bertz CT molecular complexity index is 917. The zero-order valence-corrected chi connectivity index (χ0v) is 17.0. The molecule has 1 atom stereocenters. The van der Waals surface area contributed by atoms with E-state index in [2.05, 4.69) is 12.2 Å². The van der Waals surface area contributed by atoms with E-state index < -0.39 is 0 Å². The second kappa shape index (κ2) is 9.37. The smallest absolute Gasteiger partial charge is 0.272 e. The molecule has 0 spiro atoms. The average molecular weight is 396 g/mol. The summed E-state index contributed by atoms with van der Waals surface area (Å²) < 4.78 is 1.84. The third-order valence-corrected chi connectivity index (χ3v) is 5.15. The number of hydrogen-bond donors (Lipinski definition) is 1. The third kappa shape index (κ3) is 4.83. The molecule has 1 aromatic carbocycles. The van der Waals surface area contributed by atoms with Crippen LogP contribution in [0.1, 0.15) is 56.1 Å². The average Bonchev–Trinajstić information content (AvgIpc) is 3.16. The second-order valence-electron chi connectivity index (χ2n) is 7.47. The Kier molecular flexibility index (Phi) is 6.65. The van der Waals surface area contributed by atoms with Crippen molar-refractivity contribution in [2.24, 2.45) is 0 Å². The number of fused-ring (bicyclic) bond motifs is 1. The fraction of sp³-hybridized carbons (Fsp3) is 0.455. The van der Waals surface area contributed by atoms with Crippen molar-refractivity contribution in [3.8, 4) is 17.3 Å². The van der Waals surface area contributed by atoms with Gasteiger partial charge in [0.2, 0.25) is 5.91 Å². The van der Waals surface area contributed by atoms with E-state index in [4.69, 9.17) is 10.4 Å². The summed E-state index contributed by atoms with van der Waals surface area (Å²) in [5.41, 5.74) is 3.44. The van der Waals surface area contributed by atoms with Crippen molar-refractivity contribution < 1.29 is 11.0 Å². The minimum atomic E-state index is -0.241. The monoisotopic (exact) mass is 395 g/mol. The molecule has 1 unspecified atom stereocenters. The third-order valence-electron chi connectivity index (χ3n) is 5.15. The highest BCUT2D eigenvalue weighted by Gasteiger charge is 2.33. The Hall–Kier alpha value is -3.14. The first-order chi connectivity index (χ1) is 14.0. The Labute approximate surface area is 172 Å². The van der Waals surface area contributed by atoms with E-state index in [-0.39, 0.29) is 32.2 Å². The number of hydrogen-bond acceptors (Lipinski definition) is 4. The van der Waals surface area contributed by atoms with Crippen molar-refractivity contribution in [3.63, 3.8) is 0 Å². The van der Waals surface area contributed by atoms with Crippen LogP contribution in [-0.4, -0.2) is 46.1 Å². The molecule has 0 bridgehead atoms. The van der Waals surface area contributed by atoms with E-state index in [0.717, 1.165) is 30.5 Å². The minimum absolute atomic E-state index is 0. The zero-order chi connectivity index (χ0) is 20.8. The van der Waals surface area contributed by atoms with E-state index in [0.29, 0.717) is 18.8 Å². The molecule has 154 valence electrons. The molecule has 0 saturated carbocycles. The first-order valence-electron chi connectivity index (χ1n) is 10.1. The number of rotatable bonds is 8. The maximum absolute atomic E-state index is 13.0. The van der Waals surface area contributed by atoms with Crippen LogP contribution >= 0.6 is 0 Å². The first kappa shape index (κ1) is 20.6. The molecule has 0 fully saturated rings. The highest BCUT2D eigenvalue weighted by Crippen LogP contribution is 2.29. The maximum Gasteiger partial charge on any atom is 0.272 e. The number of unbranched alkanes of at least 4 members (excludes halogenated alkanes) is 1. The summed E-state index contributed by atoms with van der Waals surface area (Å²) in [6.45, 7) is 4.93. The van der Waals surface area contributed by atoms with Gasteiger partial charge in [-0.15, -0.1) is 0 Å². The Morgan fingerprint density at radius 2 is 2.14 bits per heavy atom. The number of aryl methyl sites for hydroxylation is 1. The summed E-state index contributed by atoms with van der Waals surface area (Å²) in [6, 6.07) is 11.9. The highest BCUT2D eigenvalue weighted by molar-refractivity contribution is 5.96. The molecule has 2 amide bonds. The van der Waals surface area contributed by atoms with Gasteiger partial charge in [-0.05, 0) is 19.4 Å². The highest BCUT2D eigenvalue weighted by atomic mass is 16.2. The van der Waals surface area contributed by atoms with Crippen LogP contribution in [0, 0.1) is 18.3 Å². The standard InChI is InChI=1S/C22H27N5O2.H2/c1-3-4-6-18-14-26(15-21(28)24-12-5-11-23)22(29)20-13-19(25-27(18)20)17-9-7-16(2)8-10-17;/h7-10,13,18H,3-6,12,14-15H2,1-2H3,(H,24,28);1H. The van der Waals surface area contributed by atoms with Crippen LogP contribution in [-0.2, 0) is 4.79 Å². The molecule has 0 radical (unpaired) electrons. The zero-order valence-electron chi connectivity index (χ0n) is 17.0. The van der Waals surface area contributed by atoms with E-state index in [1.807, 2.05) is 48.0 Å². The number of aromatic nitrogens is 2. The van der Waals surface area contributed by atoms with Gasteiger partial charge < -0.3 is 10.2 Å². The lowest BCUT2D eigenvalue weighted by atomic mass is 10.1. The Balaban J connectivity index is 0.00000320. The lowest BCUT2D eigenvalue weighted by Crippen LogP contribution is -2.47. The topological polar surface area (TPSA) is 91.0 Å². The van der Waals surface area contributed by atoms with Crippen molar-refractivity contribution in [1.82, 2.24) is 20.0 Å². The fourth-order valence-corrected chi connectivity index (χ4v) is 3.55. The minimum Gasteiger partial charge on any atom is -0.354 e. The summed E-state index contributed by atoms with van der Waals surface area (Å²) in [6.07, 6.45) is 3.24. The van der Waals surface area contributed by atoms with Gasteiger partial charge in [-0.2, -0.15) is 10.4 Å². The number of carbonyl (C=O) groups excluding carboxylic acids is 2. The molecule has 2 aromatic rings. The quantitative estimate of drug-likeness (QED) is 0.694. The molecule has 1 aliphatic heterocycles. The van der Waals surface area contributed by atoms with Crippen LogP contribution in [0.5, 0.6) is 0 Å². The molecule has 7 nitrogen and oxygen atoms in total. The molecule has 1 N–H and O–H groups in total. The number of nitrogens with zero attached hydrogens (tertiary/aromatic N) is 4. The first-order valence-corrected chi connectivity index (χ1v) is 10.1. The van der Waals surface area contributed by atoms with E-state index in [1.54, 1.807) is 4.90 Å². The van der Waals surface area contributed by atoms with Gasteiger partial charge >= 0.3 is 0 Å². The van der Waals surface area contributed by atoms with E-state index in [1.165, 1.54) is 5.56 Å². The number of amides is 2. The van der Waals surface area contributed by atoms with E-state index >= 15 is 0 Å². The molecule has 2 heterocycles. The normalized spacial score (nSPS) is 15.7. The van der Waals surface area contributed by atoms with Crippen LogP contribution in [0.25, 0.3) is 11.3 Å². The van der Waals surface area contributed by atoms with Gasteiger partial charge in [0.15, 0.2) is 0 Å². The molecule has 1 aliphatic rings. The van der Waals surface area contributed by atoms with Crippen LogP contribution in [0.4, 0.5) is 0 Å². The van der Waals surface area contributed by atoms with Crippen molar-refractivity contribution in [3.05, 3.63) is 41.6 Å². The predicted octanol–water partition coefficient (Wildman–Crippen LogP) is 3.32. The van der Waals surface area contributed by atoms with Gasteiger partial charge in [0.25, 0.3) is 5.91 Å². The van der Waals surface area contributed by atoms with Crippen LogP contribution in [0.15, 0.2) is 30.3 Å². The van der Waals surface area contributed by atoms with Gasteiger partial charge in [-0.3, -0.25) is 14.3 Å². The van der Waals surface area contributed by atoms with Crippen LogP contribution in [0.2, 0.25) is 0 Å². The van der Waals surface area contributed by atoms with Gasteiger partial charge in [-0.1, -0.05) is 49.6 Å². The fourth-order valence-electron chi connectivity index (χ4n) is 3.55. The number of nitrogens with one attached hydrogen (secondary N) is 1. The second-order valence-corrected chi connectivity index (χ2v) is 7.47. The molecular formula is C22H29N5O2. The summed E-state index contributed by atoms with van der Waals surface area (Å²) in [5, 5.41) is 16.0. The van der Waals surface area contributed by atoms with Crippen molar-refractivity contribution in [2.45, 2.75) is 45.6 Å². The Morgan fingerprint density at radius 1 is 1.38 bits per heavy atom. The molecule has 7 heteroatoms. The van der Waals surface area contributed by atoms with Crippen LogP contribution in [0.3, 0.4) is 0 Å². The van der Waals surface area contributed by atoms with Gasteiger partial charge in [-0.25, -0.2) is 0 Å². The molecule has 1 aromatic heterocycles. The van der Waals surface area contributed by atoms with E-state index in [9.17, 15) is 9.59 Å². The van der Waals surface area contributed by atoms with Gasteiger partial charge in [0, 0.05) is 20.1 Å². The summed E-state index contributed by atoms with van der Waals surface area (Å²) in [7, 11) is 0. The SMILES string of the molecule is CCCCC1CN(CC(=O)NCCC#N)C(=O)c2cc(-c3ccc(C)cc3)nn21.[HH]. The van der Waals surface area contributed by atoms with Gasteiger partial charge in [0.1, 0.15) is 5.69 Å². The largest absolute Gasteiger partial charge is 0.354 e. The number of nitriles is 1. The Morgan fingerprint density at radius 3 is 2.83 bits per heavy atom. The number of carbonyl (C=O) groups is 2. The molecular weight excluding hydrogens is 366 g/mol. The summed E-state index contributed by atoms with van der Waals surface area (Å²) in [5.74, 6) is -0.423. The van der Waals surface area contributed by atoms with Gasteiger partial charge in [0.05, 0.1) is 30.8 Å². The predicted molar refractivity (Wildman–Crippen MR) is 112 cm³/mol. The van der Waals surface area contributed by atoms with Crippen molar-refractivity contribution in [2.75, 3.05) is 19.6 Å². The molecule has 29 heavy (non-hydrogen) atoms. The molecule has 3 rings (SSSR count). The summed E-state index contributed by atoms with van der Waals surface area (Å²) >= 11 is 0. The summed E-state index contributed by atoms with van der Waals surface area (Å²) in [4.78, 5) is 26.8. The number of benzene rings is 1. The lowest BCUT2D eigenvalue weighted by molar-refractivity contribution is -0.121. The maximum atomic E-state index is 13.0. The molecule has 0 saturated heterocycles. The molecule has 0 aliphatic carbocycles.